The molecule has 1 aliphatic carbocycles. The number of nitrogens with zero attached hydrogens (tertiary/aromatic N) is 3. The second kappa shape index (κ2) is 9.40. The van der Waals surface area contributed by atoms with Gasteiger partial charge in [-0.2, -0.15) is 4.98 Å². The van der Waals surface area contributed by atoms with Crippen LogP contribution in [0, 0.1) is 11.8 Å². The molecule has 2 aliphatic rings. The summed E-state index contributed by atoms with van der Waals surface area (Å²) >= 11 is 0. The van der Waals surface area contributed by atoms with Gasteiger partial charge in [-0.15, -0.1) is 0 Å². The first-order valence-corrected chi connectivity index (χ1v) is 11.3. The van der Waals surface area contributed by atoms with Crippen molar-refractivity contribution in [2.75, 3.05) is 33.4 Å². The zero-order chi connectivity index (χ0) is 21.8. The zero-order valence-electron chi connectivity index (χ0n) is 18.7. The maximum Gasteiger partial charge on any atom is 0.319 e. The second-order valence-corrected chi connectivity index (χ2v) is 8.43. The Bertz CT molecular complexity index is 877. The molecule has 0 amide bonds. The van der Waals surface area contributed by atoms with Crippen LogP contribution >= 0.6 is 0 Å². The van der Waals surface area contributed by atoms with Crippen molar-refractivity contribution in [2.45, 2.75) is 45.3 Å². The Labute approximate surface area is 184 Å². The summed E-state index contributed by atoms with van der Waals surface area (Å²) in [5.74, 6) is 1.53. The lowest BCUT2D eigenvalue weighted by molar-refractivity contribution is -0.150. The number of hydrogen-bond acceptors (Lipinski definition) is 7. The first kappa shape index (κ1) is 21.8. The highest BCUT2D eigenvalue weighted by Gasteiger charge is 2.53. The van der Waals surface area contributed by atoms with Crippen LogP contribution in [0.25, 0.3) is 0 Å². The Morgan fingerprint density at radius 3 is 2.55 bits per heavy atom. The lowest BCUT2D eigenvalue weighted by Gasteiger charge is -2.53. The van der Waals surface area contributed by atoms with Gasteiger partial charge in [0.05, 0.1) is 25.9 Å². The van der Waals surface area contributed by atoms with Crippen LogP contribution in [-0.2, 0) is 12.1 Å². The van der Waals surface area contributed by atoms with E-state index >= 15 is 0 Å². The van der Waals surface area contributed by atoms with Gasteiger partial charge in [-0.05, 0) is 44.4 Å². The first-order chi connectivity index (χ1) is 15.1. The van der Waals surface area contributed by atoms with Gasteiger partial charge in [-0.1, -0.05) is 18.6 Å². The average molecular weight is 428 g/mol. The molecule has 1 aliphatic heterocycles. The minimum atomic E-state index is -0.988. The molecular weight excluding hydrogens is 394 g/mol. The van der Waals surface area contributed by atoms with Crippen molar-refractivity contribution in [1.29, 1.82) is 0 Å². The van der Waals surface area contributed by atoms with Crippen molar-refractivity contribution in [3.05, 3.63) is 41.6 Å². The average Bonchev–Trinajstić information content (AvgIpc) is 2.75. The van der Waals surface area contributed by atoms with Crippen LogP contribution in [0.2, 0.25) is 0 Å². The van der Waals surface area contributed by atoms with Gasteiger partial charge in [-0.25, -0.2) is 4.98 Å². The zero-order valence-corrected chi connectivity index (χ0v) is 18.7. The molecule has 2 heterocycles. The molecule has 1 saturated carbocycles. The second-order valence-electron chi connectivity index (χ2n) is 8.43. The SMILES string of the molecule is CCOc1ncc(C2(O)[C@@H]3CCC[C@@H]2CN(Cc2cccc(OC)c2)C3)c(OCC)n1. The molecule has 1 N–H and O–H groups in total. The van der Waals surface area contributed by atoms with Crippen molar-refractivity contribution >= 4 is 0 Å². The lowest BCUT2D eigenvalue weighted by Crippen LogP contribution is -2.58. The maximum absolute atomic E-state index is 12.1. The highest BCUT2D eigenvalue weighted by molar-refractivity contribution is 5.35. The number of rotatable bonds is 8. The smallest absolute Gasteiger partial charge is 0.319 e. The fraction of sp³-hybridized carbons (Fsp3) is 0.583. The van der Waals surface area contributed by atoms with E-state index in [1.54, 1.807) is 13.3 Å². The Kier molecular flexibility index (Phi) is 6.62. The van der Waals surface area contributed by atoms with Gasteiger partial charge in [-0.3, -0.25) is 4.90 Å². The molecule has 168 valence electrons. The fourth-order valence-electron chi connectivity index (χ4n) is 5.21. The molecule has 0 spiro atoms. The van der Waals surface area contributed by atoms with Gasteiger partial charge in [0.2, 0.25) is 5.88 Å². The number of likely N-dealkylation sites (tertiary alicyclic amines) is 1. The van der Waals surface area contributed by atoms with Crippen molar-refractivity contribution in [1.82, 2.24) is 14.9 Å². The van der Waals surface area contributed by atoms with Crippen LogP contribution in [0.15, 0.2) is 30.5 Å². The van der Waals surface area contributed by atoms with Crippen molar-refractivity contribution in [3.63, 3.8) is 0 Å². The monoisotopic (exact) mass is 427 g/mol. The number of ether oxygens (including phenoxy) is 3. The van der Waals surface area contributed by atoms with Gasteiger partial charge in [0.25, 0.3) is 0 Å². The number of piperidine rings is 1. The number of benzene rings is 1. The Morgan fingerprint density at radius 1 is 1.13 bits per heavy atom. The van der Waals surface area contributed by atoms with E-state index < -0.39 is 5.60 Å². The summed E-state index contributed by atoms with van der Waals surface area (Å²) in [6, 6.07) is 8.50. The van der Waals surface area contributed by atoms with Gasteiger partial charge in [0.1, 0.15) is 11.4 Å². The summed E-state index contributed by atoms with van der Waals surface area (Å²) in [4.78, 5) is 11.3. The van der Waals surface area contributed by atoms with Gasteiger partial charge < -0.3 is 19.3 Å². The fourth-order valence-corrected chi connectivity index (χ4v) is 5.21. The van der Waals surface area contributed by atoms with Crippen LogP contribution in [-0.4, -0.2) is 53.4 Å². The normalized spacial score (nSPS) is 25.8. The van der Waals surface area contributed by atoms with E-state index in [4.69, 9.17) is 14.2 Å². The topological polar surface area (TPSA) is 76.9 Å². The molecule has 2 aromatic rings. The van der Waals surface area contributed by atoms with Crippen molar-refractivity contribution < 1.29 is 19.3 Å². The molecule has 0 unspecified atom stereocenters. The molecule has 2 atom stereocenters. The van der Waals surface area contributed by atoms with Crippen molar-refractivity contribution in [2.24, 2.45) is 11.8 Å². The largest absolute Gasteiger partial charge is 0.497 e. The minimum Gasteiger partial charge on any atom is -0.497 e. The predicted octanol–water partition coefficient (Wildman–Crippen LogP) is 3.40. The molecule has 31 heavy (non-hydrogen) atoms. The number of hydrogen-bond donors (Lipinski definition) is 1. The summed E-state index contributed by atoms with van der Waals surface area (Å²) in [6.45, 7) is 7.27. The predicted molar refractivity (Wildman–Crippen MR) is 117 cm³/mol. The molecule has 1 aromatic heterocycles. The van der Waals surface area contributed by atoms with E-state index in [2.05, 4.69) is 27.0 Å². The maximum atomic E-state index is 12.1. The molecule has 7 heteroatoms. The van der Waals surface area contributed by atoms with Crippen LogP contribution in [0.4, 0.5) is 0 Å². The van der Waals surface area contributed by atoms with E-state index in [9.17, 15) is 5.11 Å². The molecule has 7 nitrogen and oxygen atoms in total. The Balaban J connectivity index is 1.60. The molecule has 2 bridgehead atoms. The van der Waals surface area contributed by atoms with Gasteiger partial charge in [0.15, 0.2) is 0 Å². The van der Waals surface area contributed by atoms with Crippen LogP contribution < -0.4 is 14.2 Å². The number of methoxy groups -OCH3 is 1. The van der Waals surface area contributed by atoms with Gasteiger partial charge >= 0.3 is 6.01 Å². The number of aliphatic hydroxyl groups is 1. The standard InChI is InChI=1S/C24H33N3O4/c1-4-30-22-21(13-25-23(26-22)31-5-2)24(28)18-9-7-10-19(24)16-27(15-18)14-17-8-6-11-20(12-17)29-3/h6,8,11-13,18-19,28H,4-5,7,9-10,14-16H2,1-3H3/t18-,19-/m1/s1. The number of aromatic nitrogens is 2. The third-order valence-corrected chi connectivity index (χ3v) is 6.57. The molecule has 2 fully saturated rings. The number of fused-ring (bicyclic) bond motifs is 2. The van der Waals surface area contributed by atoms with Crippen LogP contribution in [0.3, 0.4) is 0 Å². The third kappa shape index (κ3) is 4.34. The van der Waals surface area contributed by atoms with Gasteiger partial charge in [0, 0.05) is 37.7 Å². The summed E-state index contributed by atoms with van der Waals surface area (Å²) in [5.41, 5.74) is 0.939. The highest BCUT2D eigenvalue weighted by Crippen LogP contribution is 2.51. The van der Waals surface area contributed by atoms with E-state index in [-0.39, 0.29) is 11.8 Å². The van der Waals surface area contributed by atoms with Crippen LogP contribution in [0.5, 0.6) is 17.6 Å². The third-order valence-electron chi connectivity index (χ3n) is 6.57. The van der Waals surface area contributed by atoms with E-state index in [0.29, 0.717) is 30.7 Å². The molecule has 4 rings (SSSR count). The summed E-state index contributed by atoms with van der Waals surface area (Å²) in [5, 5.41) is 12.1. The molecule has 1 saturated heterocycles. The lowest BCUT2D eigenvalue weighted by atomic mass is 9.63. The highest BCUT2D eigenvalue weighted by atomic mass is 16.5. The molecule has 0 radical (unpaired) electrons. The van der Waals surface area contributed by atoms with E-state index in [0.717, 1.165) is 44.6 Å². The van der Waals surface area contributed by atoms with E-state index in [1.165, 1.54) is 5.56 Å². The van der Waals surface area contributed by atoms with Crippen LogP contribution in [0.1, 0.15) is 44.2 Å². The Hall–Kier alpha value is -2.38. The van der Waals surface area contributed by atoms with Crippen molar-refractivity contribution in [3.8, 4) is 17.6 Å². The molecule has 1 aromatic carbocycles. The van der Waals surface area contributed by atoms with E-state index in [1.807, 2.05) is 26.0 Å². The summed E-state index contributed by atoms with van der Waals surface area (Å²) in [7, 11) is 1.69. The first-order valence-electron chi connectivity index (χ1n) is 11.3. The quantitative estimate of drug-likeness (QED) is 0.692. The minimum absolute atomic E-state index is 0.103. The Morgan fingerprint density at radius 2 is 1.87 bits per heavy atom. The summed E-state index contributed by atoms with van der Waals surface area (Å²) < 4.78 is 16.7. The molecular formula is C24H33N3O4. The summed E-state index contributed by atoms with van der Waals surface area (Å²) in [6.07, 6.45) is 4.79.